The van der Waals surface area contributed by atoms with Crippen molar-refractivity contribution < 1.29 is 4.92 Å². The topological polar surface area (TPSA) is 86.7 Å². The maximum absolute atomic E-state index is 10.8. The highest BCUT2D eigenvalue weighted by Crippen LogP contribution is 2.26. The first-order chi connectivity index (χ1) is 7.20. The Hall–Kier alpha value is -2.31. The lowest BCUT2D eigenvalue weighted by Crippen LogP contribution is -1.98. The summed E-state index contributed by atoms with van der Waals surface area (Å²) in [5.74, 6) is 0.377. The second-order valence-electron chi connectivity index (χ2n) is 2.90. The largest absolute Gasteiger partial charge is 0.280 e. The number of hydrogen-bond acceptors (Lipinski definition) is 5. The molecule has 1 aromatic heterocycles. The summed E-state index contributed by atoms with van der Waals surface area (Å²) < 4.78 is 1.39. The van der Waals surface area contributed by atoms with Crippen LogP contribution in [0.1, 0.15) is 0 Å². The van der Waals surface area contributed by atoms with Gasteiger partial charge in [0.2, 0.25) is 0 Å². The quantitative estimate of drug-likeness (QED) is 0.534. The molecule has 1 heterocycles. The Labute approximate surface area is 84.5 Å². The molecule has 0 spiro atoms. The Balaban J connectivity index is 2.63. The zero-order chi connectivity index (χ0) is 10.8. The first-order valence-electron chi connectivity index (χ1n) is 4.16. The molecular formula is C8H7N5O2. The van der Waals surface area contributed by atoms with E-state index in [2.05, 4.69) is 15.5 Å². The molecule has 7 heteroatoms. The van der Waals surface area contributed by atoms with E-state index >= 15 is 0 Å². The van der Waals surface area contributed by atoms with Gasteiger partial charge in [0.15, 0.2) is 5.82 Å². The number of aromatic nitrogens is 4. The molecule has 0 bridgehead atoms. The summed E-state index contributed by atoms with van der Waals surface area (Å²) in [5.41, 5.74) is 0.408. The summed E-state index contributed by atoms with van der Waals surface area (Å²) in [6.07, 6.45) is 0. The van der Waals surface area contributed by atoms with Crippen LogP contribution in [0.5, 0.6) is 0 Å². The number of nitrogens with zero attached hydrogens (tertiary/aromatic N) is 5. The van der Waals surface area contributed by atoms with Gasteiger partial charge in [0.05, 0.1) is 10.5 Å². The zero-order valence-electron chi connectivity index (χ0n) is 7.86. The summed E-state index contributed by atoms with van der Waals surface area (Å²) >= 11 is 0. The standard InChI is InChI=1S/C8H7N5O2/c1-12-8(9-10-11-12)6-4-2-3-5-7(6)13(14)15/h2-5H,1H3. The first-order valence-corrected chi connectivity index (χ1v) is 4.16. The number of tetrazole rings is 1. The van der Waals surface area contributed by atoms with Gasteiger partial charge < -0.3 is 0 Å². The number of para-hydroxylation sites is 1. The number of hydrogen-bond donors (Lipinski definition) is 0. The predicted octanol–water partition coefficient (Wildman–Crippen LogP) is 0.785. The normalized spacial score (nSPS) is 10.2. The lowest BCUT2D eigenvalue weighted by atomic mass is 10.2. The molecule has 7 nitrogen and oxygen atoms in total. The lowest BCUT2D eigenvalue weighted by molar-refractivity contribution is -0.384. The van der Waals surface area contributed by atoms with Crippen LogP contribution in [-0.2, 0) is 7.05 Å². The molecule has 0 aliphatic rings. The van der Waals surface area contributed by atoms with Crippen LogP contribution in [0.2, 0.25) is 0 Å². The summed E-state index contributed by atoms with van der Waals surface area (Å²) in [6, 6.07) is 6.34. The number of nitro benzene ring substituents is 1. The van der Waals surface area contributed by atoms with Crippen molar-refractivity contribution in [3.63, 3.8) is 0 Å². The zero-order valence-corrected chi connectivity index (χ0v) is 7.86. The molecule has 1 aromatic carbocycles. The molecule has 0 unspecified atom stereocenters. The van der Waals surface area contributed by atoms with E-state index in [9.17, 15) is 10.1 Å². The van der Waals surface area contributed by atoms with E-state index in [-0.39, 0.29) is 5.69 Å². The summed E-state index contributed by atoms with van der Waals surface area (Å²) in [5, 5.41) is 21.5. The molecule has 2 rings (SSSR count). The number of aryl methyl sites for hydroxylation is 1. The summed E-state index contributed by atoms with van der Waals surface area (Å²) in [7, 11) is 1.63. The van der Waals surface area contributed by atoms with Crippen molar-refractivity contribution in [3.05, 3.63) is 34.4 Å². The SMILES string of the molecule is Cn1nnnc1-c1ccccc1[N+](=O)[O-]. The third kappa shape index (κ3) is 1.54. The van der Waals surface area contributed by atoms with Crippen molar-refractivity contribution >= 4 is 5.69 Å². The van der Waals surface area contributed by atoms with Gasteiger partial charge in [-0.15, -0.1) is 5.10 Å². The smallest absolute Gasteiger partial charge is 0.258 e. The molecule has 2 aromatic rings. The van der Waals surface area contributed by atoms with Crippen molar-refractivity contribution in [1.82, 2.24) is 20.2 Å². The Morgan fingerprint density at radius 1 is 1.40 bits per heavy atom. The van der Waals surface area contributed by atoms with E-state index in [0.29, 0.717) is 11.4 Å². The summed E-state index contributed by atoms with van der Waals surface area (Å²) in [4.78, 5) is 10.3. The highest BCUT2D eigenvalue weighted by molar-refractivity contribution is 5.67. The van der Waals surface area contributed by atoms with Crippen molar-refractivity contribution in [3.8, 4) is 11.4 Å². The average molecular weight is 205 g/mol. The monoisotopic (exact) mass is 205 g/mol. The fourth-order valence-electron chi connectivity index (χ4n) is 1.28. The summed E-state index contributed by atoms with van der Waals surface area (Å²) in [6.45, 7) is 0. The highest BCUT2D eigenvalue weighted by atomic mass is 16.6. The van der Waals surface area contributed by atoms with E-state index in [0.717, 1.165) is 0 Å². The van der Waals surface area contributed by atoms with Gasteiger partial charge in [-0.2, -0.15) is 0 Å². The Morgan fingerprint density at radius 3 is 2.73 bits per heavy atom. The minimum Gasteiger partial charge on any atom is -0.258 e. The molecular weight excluding hydrogens is 198 g/mol. The van der Waals surface area contributed by atoms with Crippen molar-refractivity contribution in [1.29, 1.82) is 0 Å². The second kappa shape index (κ2) is 3.45. The average Bonchev–Trinajstić information content (AvgIpc) is 2.64. The van der Waals surface area contributed by atoms with Gasteiger partial charge in [-0.25, -0.2) is 4.68 Å². The van der Waals surface area contributed by atoms with E-state index in [1.54, 1.807) is 25.2 Å². The van der Waals surface area contributed by atoms with Gasteiger partial charge in [-0.1, -0.05) is 12.1 Å². The van der Waals surface area contributed by atoms with Gasteiger partial charge in [0.25, 0.3) is 5.69 Å². The molecule has 15 heavy (non-hydrogen) atoms. The van der Waals surface area contributed by atoms with E-state index < -0.39 is 4.92 Å². The maximum Gasteiger partial charge on any atom is 0.280 e. The molecule has 0 radical (unpaired) electrons. The van der Waals surface area contributed by atoms with Crippen LogP contribution in [0.15, 0.2) is 24.3 Å². The molecule has 0 fully saturated rings. The molecule has 0 saturated heterocycles. The van der Waals surface area contributed by atoms with Crippen LogP contribution in [-0.4, -0.2) is 25.1 Å². The fraction of sp³-hybridized carbons (Fsp3) is 0.125. The third-order valence-corrected chi connectivity index (χ3v) is 1.96. The Morgan fingerprint density at radius 2 is 2.13 bits per heavy atom. The van der Waals surface area contributed by atoms with Gasteiger partial charge >= 0.3 is 0 Å². The van der Waals surface area contributed by atoms with Crippen LogP contribution in [0.4, 0.5) is 5.69 Å². The molecule has 0 atom stereocenters. The highest BCUT2D eigenvalue weighted by Gasteiger charge is 2.18. The Bertz CT molecular complexity index is 507. The molecule has 0 saturated carbocycles. The van der Waals surface area contributed by atoms with Crippen LogP contribution < -0.4 is 0 Å². The third-order valence-electron chi connectivity index (χ3n) is 1.96. The van der Waals surface area contributed by atoms with Crippen molar-refractivity contribution in [2.24, 2.45) is 7.05 Å². The van der Waals surface area contributed by atoms with Crippen LogP contribution >= 0.6 is 0 Å². The van der Waals surface area contributed by atoms with Gasteiger partial charge in [-0.05, 0) is 16.5 Å². The minimum absolute atomic E-state index is 0.00426. The lowest BCUT2D eigenvalue weighted by Gasteiger charge is -1.99. The molecule has 0 N–H and O–H groups in total. The van der Waals surface area contributed by atoms with Gasteiger partial charge in [-0.3, -0.25) is 10.1 Å². The number of benzene rings is 1. The van der Waals surface area contributed by atoms with Gasteiger partial charge in [0, 0.05) is 13.1 Å². The van der Waals surface area contributed by atoms with E-state index in [1.165, 1.54) is 10.7 Å². The Kier molecular flexibility index (Phi) is 2.13. The first kappa shape index (κ1) is 9.25. The molecule has 0 amide bonds. The number of rotatable bonds is 2. The molecule has 0 aliphatic heterocycles. The van der Waals surface area contributed by atoms with Crippen LogP contribution in [0.3, 0.4) is 0 Å². The fourth-order valence-corrected chi connectivity index (χ4v) is 1.28. The predicted molar refractivity (Wildman–Crippen MR) is 50.9 cm³/mol. The minimum atomic E-state index is -0.454. The number of nitro groups is 1. The van der Waals surface area contributed by atoms with Crippen LogP contribution in [0.25, 0.3) is 11.4 Å². The van der Waals surface area contributed by atoms with E-state index in [4.69, 9.17) is 0 Å². The van der Waals surface area contributed by atoms with Gasteiger partial charge in [0.1, 0.15) is 0 Å². The second-order valence-corrected chi connectivity index (χ2v) is 2.90. The van der Waals surface area contributed by atoms with Crippen molar-refractivity contribution in [2.45, 2.75) is 0 Å². The maximum atomic E-state index is 10.8. The van der Waals surface area contributed by atoms with Crippen LogP contribution in [0, 0.1) is 10.1 Å². The molecule has 76 valence electrons. The molecule has 0 aliphatic carbocycles. The van der Waals surface area contributed by atoms with Crippen molar-refractivity contribution in [2.75, 3.05) is 0 Å². The van der Waals surface area contributed by atoms with E-state index in [1.807, 2.05) is 0 Å².